The van der Waals surface area contributed by atoms with Crippen LogP contribution in [0.5, 0.6) is 0 Å². The van der Waals surface area contributed by atoms with Gasteiger partial charge in [0.05, 0.1) is 36.8 Å². The fraction of sp³-hybridized carbons (Fsp3) is 0.479. The average molecular weight is 831 g/mol. The SMILES string of the molecule is COC(=O)N[C@H](C(=O)N1CC2(CC2)C[C@H]1c1ncc(-c2ccc3c(c2)C(F)(F)c2cc(-c4ccc5c(c4)CC([C@@H]4[C@H]6CC[C@H](C6)N4C(=O)OC(C)(C)C)=N5)ccc2-3)[nH]1)C(C)C. The Labute approximate surface area is 354 Å². The van der Waals surface area contributed by atoms with Crippen LogP contribution < -0.4 is 5.32 Å². The smallest absolute Gasteiger partial charge is 0.411 e. The number of hydrogen-bond acceptors (Lipinski definition) is 7. The molecule has 5 atom stereocenters. The number of aromatic amines is 1. The number of benzene rings is 3. The molecule has 2 bridgehead atoms. The molecule has 4 fully saturated rings. The summed E-state index contributed by atoms with van der Waals surface area (Å²) >= 11 is 0. The van der Waals surface area contributed by atoms with Crippen LogP contribution >= 0.6 is 0 Å². The van der Waals surface area contributed by atoms with E-state index in [0.29, 0.717) is 52.7 Å². The molecule has 4 heterocycles. The summed E-state index contributed by atoms with van der Waals surface area (Å²) in [4.78, 5) is 56.3. The number of hydrogen-bond donors (Lipinski definition) is 2. The average Bonchev–Trinajstić information content (AvgIpc) is 3.87. The van der Waals surface area contributed by atoms with Gasteiger partial charge in [0.2, 0.25) is 5.91 Å². The van der Waals surface area contributed by atoms with Gasteiger partial charge < -0.3 is 24.7 Å². The molecule has 1 aromatic heterocycles. The van der Waals surface area contributed by atoms with E-state index in [4.69, 9.17) is 19.5 Å². The minimum absolute atomic E-state index is 0.0250. The first-order valence-corrected chi connectivity index (χ1v) is 21.6. The topological polar surface area (TPSA) is 129 Å². The van der Waals surface area contributed by atoms with Crippen LogP contribution in [0.25, 0.3) is 33.5 Å². The highest BCUT2D eigenvalue weighted by molar-refractivity contribution is 6.00. The lowest BCUT2D eigenvalue weighted by molar-refractivity contribution is -0.135. The molecule has 3 amide bonds. The fourth-order valence-electron chi connectivity index (χ4n) is 10.7. The summed E-state index contributed by atoms with van der Waals surface area (Å²) in [5, 5.41) is 2.71. The lowest BCUT2D eigenvalue weighted by atomic mass is 9.91. The standard InChI is InChI=1S/C48H52F2N6O5/c1-25(2)40(54-44(58)60-6)43(57)55-24-47(15-16-47)22-39(55)42-51-23-38(53-42)28-9-13-33-32-12-8-27(19-34(32)48(49,50)35(33)20-28)26-10-14-36-30(17-26)21-37(52-36)41-29-7-11-31(18-29)56(41)45(59)61-46(3,4)5/h8-10,12-14,17,19-20,23,25,29,31,39-41H,7,11,15-16,18,21-22,24H2,1-6H3,(H,51,53)(H,54,58)/t29-,31+,39-,40-,41-/m0/s1. The third-order valence-corrected chi connectivity index (χ3v) is 13.9. The second kappa shape index (κ2) is 14.0. The molecular formula is C48H52F2N6O5. The van der Waals surface area contributed by atoms with Crippen LogP contribution in [0.3, 0.4) is 0 Å². The summed E-state index contributed by atoms with van der Waals surface area (Å²) in [6, 6.07) is 15.4. The summed E-state index contributed by atoms with van der Waals surface area (Å²) in [7, 11) is 1.27. The van der Waals surface area contributed by atoms with E-state index in [9.17, 15) is 14.4 Å². The Morgan fingerprint density at radius 1 is 0.951 bits per heavy atom. The molecule has 3 aromatic carbocycles. The minimum Gasteiger partial charge on any atom is -0.453 e. The highest BCUT2D eigenvalue weighted by Crippen LogP contribution is 2.59. The lowest BCUT2D eigenvalue weighted by Crippen LogP contribution is -2.51. The molecule has 2 saturated carbocycles. The van der Waals surface area contributed by atoms with Crippen molar-refractivity contribution in [3.63, 3.8) is 0 Å². The van der Waals surface area contributed by atoms with E-state index in [2.05, 4.69) is 16.4 Å². The number of nitrogens with one attached hydrogen (secondary N) is 2. The first-order chi connectivity index (χ1) is 29.0. The van der Waals surface area contributed by atoms with Gasteiger partial charge in [-0.1, -0.05) is 44.2 Å². The van der Waals surface area contributed by atoms with E-state index < -0.39 is 23.7 Å². The largest absolute Gasteiger partial charge is 0.453 e. The molecule has 2 saturated heterocycles. The molecule has 0 radical (unpaired) electrons. The van der Waals surface area contributed by atoms with Crippen molar-refractivity contribution in [1.29, 1.82) is 0 Å². The Balaban J connectivity index is 0.877. The van der Waals surface area contributed by atoms with E-state index in [1.165, 1.54) is 7.11 Å². The number of alkyl halides is 2. The second-order valence-electron chi connectivity index (χ2n) is 19.5. The van der Waals surface area contributed by atoms with Crippen LogP contribution in [0.4, 0.5) is 24.1 Å². The molecule has 10 rings (SSSR count). The number of nitrogens with zero attached hydrogens (tertiary/aromatic N) is 4. The van der Waals surface area contributed by atoms with Gasteiger partial charge >= 0.3 is 12.2 Å². The van der Waals surface area contributed by atoms with Gasteiger partial charge in [0.25, 0.3) is 5.92 Å². The number of ether oxygens (including phenoxy) is 2. The number of alkyl carbamates (subject to hydrolysis) is 1. The number of fused-ring (bicyclic) bond motifs is 6. The molecule has 318 valence electrons. The van der Waals surface area contributed by atoms with Crippen molar-refractivity contribution in [3.05, 3.63) is 83.3 Å². The van der Waals surface area contributed by atoms with Crippen molar-refractivity contribution in [1.82, 2.24) is 25.1 Å². The van der Waals surface area contributed by atoms with Gasteiger partial charge in [0.15, 0.2) is 0 Å². The molecule has 13 heteroatoms. The number of piperidine rings is 1. The molecule has 61 heavy (non-hydrogen) atoms. The monoisotopic (exact) mass is 830 g/mol. The molecule has 2 N–H and O–H groups in total. The molecule has 3 aliphatic heterocycles. The number of halogens is 2. The number of H-pyrrole nitrogens is 1. The first kappa shape index (κ1) is 39.5. The van der Waals surface area contributed by atoms with Crippen LogP contribution in [-0.4, -0.2) is 81.0 Å². The van der Waals surface area contributed by atoms with E-state index in [1.54, 1.807) is 30.5 Å². The molecule has 6 aliphatic rings. The van der Waals surface area contributed by atoms with Gasteiger partial charge in [-0.3, -0.25) is 14.7 Å². The number of likely N-dealkylation sites (tertiary alicyclic amines) is 2. The van der Waals surface area contributed by atoms with Crippen LogP contribution in [0.2, 0.25) is 0 Å². The fourth-order valence-corrected chi connectivity index (χ4v) is 10.7. The zero-order chi connectivity index (χ0) is 42.7. The van der Waals surface area contributed by atoms with Crippen molar-refractivity contribution in [2.45, 2.75) is 115 Å². The van der Waals surface area contributed by atoms with Gasteiger partial charge in [0, 0.05) is 41.4 Å². The van der Waals surface area contributed by atoms with Crippen LogP contribution in [0, 0.1) is 17.3 Å². The number of aliphatic imine (C=N–C) groups is 1. The summed E-state index contributed by atoms with van der Waals surface area (Å²) in [5.74, 6) is -2.66. The van der Waals surface area contributed by atoms with Crippen LogP contribution in [-0.2, 0) is 26.6 Å². The summed E-state index contributed by atoms with van der Waals surface area (Å²) < 4.78 is 43.9. The first-order valence-electron chi connectivity index (χ1n) is 21.6. The van der Waals surface area contributed by atoms with E-state index in [0.717, 1.165) is 61.1 Å². The Morgan fingerprint density at radius 3 is 2.33 bits per heavy atom. The number of imidazole rings is 1. The van der Waals surface area contributed by atoms with Crippen LogP contribution in [0.15, 0.2) is 65.8 Å². The number of amides is 3. The number of carbonyl (C=O) groups is 3. The maximum absolute atomic E-state index is 16.6. The van der Waals surface area contributed by atoms with Gasteiger partial charge in [-0.15, -0.1) is 0 Å². The molecule has 1 spiro atoms. The predicted octanol–water partition coefficient (Wildman–Crippen LogP) is 9.71. The molecule has 4 aromatic rings. The summed E-state index contributed by atoms with van der Waals surface area (Å²) in [6.45, 7) is 9.99. The molecular weight excluding hydrogens is 779 g/mol. The lowest BCUT2D eigenvalue weighted by Gasteiger charge is -2.36. The van der Waals surface area contributed by atoms with Gasteiger partial charge in [-0.25, -0.2) is 14.6 Å². The number of rotatable bonds is 7. The zero-order valence-corrected chi connectivity index (χ0v) is 35.5. The number of aromatic nitrogens is 2. The van der Waals surface area contributed by atoms with E-state index >= 15 is 8.78 Å². The zero-order valence-electron chi connectivity index (χ0n) is 35.5. The Bertz CT molecular complexity index is 2520. The number of methoxy groups -OCH3 is 1. The van der Waals surface area contributed by atoms with Gasteiger partial charge in [-0.05, 0) is 129 Å². The van der Waals surface area contributed by atoms with Crippen molar-refractivity contribution >= 4 is 29.5 Å². The normalized spacial score (nSPS) is 24.1. The molecule has 0 unspecified atom stereocenters. The summed E-state index contributed by atoms with van der Waals surface area (Å²) in [5.41, 5.74) is 5.85. The predicted molar refractivity (Wildman–Crippen MR) is 227 cm³/mol. The van der Waals surface area contributed by atoms with Gasteiger partial charge in [-0.2, -0.15) is 8.78 Å². The van der Waals surface area contributed by atoms with Crippen molar-refractivity contribution in [2.75, 3.05) is 13.7 Å². The third-order valence-electron chi connectivity index (χ3n) is 13.9. The maximum atomic E-state index is 16.6. The van der Waals surface area contributed by atoms with Crippen molar-refractivity contribution < 1.29 is 32.6 Å². The highest BCUT2D eigenvalue weighted by atomic mass is 19.3. The molecule has 3 aliphatic carbocycles. The summed E-state index contributed by atoms with van der Waals surface area (Å²) in [6.07, 6.45) is 7.06. The minimum atomic E-state index is -3.25. The Kier molecular flexibility index (Phi) is 9.05. The van der Waals surface area contributed by atoms with Crippen molar-refractivity contribution in [2.24, 2.45) is 22.2 Å². The third kappa shape index (κ3) is 6.69. The highest BCUT2D eigenvalue weighted by Gasteiger charge is 2.56. The van der Waals surface area contributed by atoms with E-state index in [-0.39, 0.29) is 52.6 Å². The van der Waals surface area contributed by atoms with E-state index in [1.807, 2.05) is 68.7 Å². The maximum Gasteiger partial charge on any atom is 0.411 e. The van der Waals surface area contributed by atoms with Crippen LogP contribution in [0.1, 0.15) is 102 Å². The quantitative estimate of drug-likeness (QED) is 0.191. The second-order valence-corrected chi connectivity index (χ2v) is 19.5. The van der Waals surface area contributed by atoms with Gasteiger partial charge in [0.1, 0.15) is 17.5 Å². The van der Waals surface area contributed by atoms with Crippen molar-refractivity contribution in [3.8, 4) is 33.5 Å². The Hall–Kier alpha value is -5.59. The molecule has 11 nitrogen and oxygen atoms in total. The Morgan fingerprint density at radius 2 is 1.64 bits per heavy atom. The number of carbonyl (C=O) groups excluding carboxylic acids is 3.